The van der Waals surface area contributed by atoms with Crippen molar-refractivity contribution in [3.63, 3.8) is 0 Å². The Hall–Kier alpha value is -0.580. The molecule has 1 aromatic rings. The van der Waals surface area contributed by atoms with Crippen LogP contribution in [0.5, 0.6) is 0 Å². The van der Waals surface area contributed by atoms with Crippen molar-refractivity contribution in [2.24, 2.45) is 0 Å². The number of rotatable bonds is 5. The zero-order valence-corrected chi connectivity index (χ0v) is 13.3. The topological polar surface area (TPSA) is 50.1 Å². The molecule has 1 aliphatic carbocycles. The summed E-state index contributed by atoms with van der Waals surface area (Å²) in [5, 5.41) is 19.0. The molecule has 20 heavy (non-hydrogen) atoms. The van der Waals surface area contributed by atoms with Gasteiger partial charge < -0.3 is 10.4 Å². The standard InChI is InChI=1S/C15H26ClN3O/c1-3-11-15(16)13(19(4-2)18-11)10-17-12-8-6-5-7-9-14(12)20/h12,14,17,20H,3-10H2,1-2H3. The van der Waals surface area contributed by atoms with E-state index in [1.807, 2.05) is 4.68 Å². The molecule has 0 amide bonds. The summed E-state index contributed by atoms with van der Waals surface area (Å²) in [7, 11) is 0. The number of halogens is 1. The summed E-state index contributed by atoms with van der Waals surface area (Å²) in [5.74, 6) is 0. The zero-order chi connectivity index (χ0) is 14.5. The van der Waals surface area contributed by atoms with Crippen molar-refractivity contribution in [2.75, 3.05) is 0 Å². The largest absolute Gasteiger partial charge is 0.392 e. The Morgan fingerprint density at radius 1 is 1.30 bits per heavy atom. The van der Waals surface area contributed by atoms with E-state index in [1.54, 1.807) is 0 Å². The fourth-order valence-electron chi connectivity index (χ4n) is 2.94. The summed E-state index contributed by atoms with van der Waals surface area (Å²) in [5.41, 5.74) is 2.01. The fraction of sp³-hybridized carbons (Fsp3) is 0.800. The summed E-state index contributed by atoms with van der Waals surface area (Å²) >= 11 is 6.41. The predicted molar refractivity (Wildman–Crippen MR) is 82.0 cm³/mol. The second-order valence-corrected chi connectivity index (χ2v) is 5.95. The first kappa shape index (κ1) is 15.8. The Morgan fingerprint density at radius 2 is 2.05 bits per heavy atom. The third-order valence-electron chi connectivity index (χ3n) is 4.21. The van der Waals surface area contributed by atoms with Gasteiger partial charge in [0.2, 0.25) is 0 Å². The average molecular weight is 300 g/mol. The molecule has 1 aliphatic rings. The molecule has 1 saturated carbocycles. The highest BCUT2D eigenvalue weighted by Crippen LogP contribution is 2.23. The molecule has 0 spiro atoms. The molecule has 0 bridgehead atoms. The van der Waals surface area contributed by atoms with Gasteiger partial charge in [-0.05, 0) is 26.2 Å². The van der Waals surface area contributed by atoms with Crippen LogP contribution in [0.1, 0.15) is 57.3 Å². The summed E-state index contributed by atoms with van der Waals surface area (Å²) in [6.45, 7) is 5.65. The summed E-state index contributed by atoms with van der Waals surface area (Å²) in [4.78, 5) is 0. The first-order valence-electron chi connectivity index (χ1n) is 7.82. The molecule has 0 saturated heterocycles. The normalized spacial score (nSPS) is 23.8. The number of aryl methyl sites for hydroxylation is 2. The van der Waals surface area contributed by atoms with E-state index >= 15 is 0 Å². The smallest absolute Gasteiger partial charge is 0.0863 e. The molecule has 1 fully saturated rings. The minimum Gasteiger partial charge on any atom is -0.392 e. The van der Waals surface area contributed by atoms with E-state index in [1.165, 1.54) is 12.8 Å². The quantitative estimate of drug-likeness (QED) is 0.822. The molecule has 2 atom stereocenters. The highest BCUT2D eigenvalue weighted by Gasteiger charge is 2.22. The van der Waals surface area contributed by atoms with E-state index in [-0.39, 0.29) is 12.1 Å². The Kier molecular flexibility index (Phi) is 5.87. The van der Waals surface area contributed by atoms with Crippen LogP contribution in [-0.4, -0.2) is 27.0 Å². The van der Waals surface area contributed by atoms with E-state index in [2.05, 4.69) is 24.3 Å². The van der Waals surface area contributed by atoms with Gasteiger partial charge in [0.25, 0.3) is 0 Å². The maximum absolute atomic E-state index is 10.2. The lowest BCUT2D eigenvalue weighted by molar-refractivity contribution is 0.119. The maximum Gasteiger partial charge on any atom is 0.0863 e. The molecule has 1 aromatic heterocycles. The molecule has 2 rings (SSSR count). The van der Waals surface area contributed by atoms with Gasteiger partial charge in [0.1, 0.15) is 0 Å². The summed E-state index contributed by atoms with van der Waals surface area (Å²) < 4.78 is 1.97. The van der Waals surface area contributed by atoms with Gasteiger partial charge in [-0.3, -0.25) is 4.68 Å². The molecule has 114 valence electrons. The Balaban J connectivity index is 2.04. The van der Waals surface area contributed by atoms with Gasteiger partial charge in [0.05, 0.1) is 22.5 Å². The number of nitrogens with one attached hydrogen (secondary N) is 1. The number of aliphatic hydroxyl groups excluding tert-OH is 1. The molecule has 0 radical (unpaired) electrons. The van der Waals surface area contributed by atoms with E-state index < -0.39 is 0 Å². The molecule has 0 aromatic carbocycles. The molecule has 2 N–H and O–H groups in total. The number of hydrogen-bond acceptors (Lipinski definition) is 3. The van der Waals surface area contributed by atoms with Crippen molar-refractivity contribution in [2.45, 2.75) is 77.6 Å². The molecule has 2 unspecified atom stereocenters. The molecule has 4 nitrogen and oxygen atoms in total. The van der Waals surface area contributed by atoms with Crippen LogP contribution >= 0.6 is 11.6 Å². The Labute approximate surface area is 126 Å². The summed E-state index contributed by atoms with van der Waals surface area (Å²) in [6.07, 6.45) is 6.11. The van der Waals surface area contributed by atoms with E-state index in [0.29, 0.717) is 6.54 Å². The minimum atomic E-state index is -0.236. The van der Waals surface area contributed by atoms with Crippen LogP contribution in [0.15, 0.2) is 0 Å². The molecular formula is C15H26ClN3O. The lowest BCUT2D eigenvalue weighted by atomic mass is 10.1. The van der Waals surface area contributed by atoms with Crippen LogP contribution in [0.25, 0.3) is 0 Å². The van der Waals surface area contributed by atoms with Gasteiger partial charge in [-0.2, -0.15) is 5.10 Å². The van der Waals surface area contributed by atoms with Crippen LogP contribution in [0, 0.1) is 0 Å². The predicted octanol–water partition coefficient (Wildman–Crippen LogP) is 2.90. The first-order valence-corrected chi connectivity index (χ1v) is 8.20. The van der Waals surface area contributed by atoms with Gasteiger partial charge in [0.15, 0.2) is 0 Å². The van der Waals surface area contributed by atoms with Crippen LogP contribution in [0.4, 0.5) is 0 Å². The lowest BCUT2D eigenvalue weighted by Crippen LogP contribution is -2.39. The molecule has 0 aliphatic heterocycles. The van der Waals surface area contributed by atoms with Gasteiger partial charge in [-0.1, -0.05) is 37.8 Å². The second kappa shape index (κ2) is 7.43. The maximum atomic E-state index is 10.2. The summed E-state index contributed by atoms with van der Waals surface area (Å²) in [6, 6.07) is 0.179. The highest BCUT2D eigenvalue weighted by molar-refractivity contribution is 6.31. The average Bonchev–Trinajstić information content (AvgIpc) is 2.61. The van der Waals surface area contributed by atoms with Crippen molar-refractivity contribution in [3.8, 4) is 0 Å². The monoisotopic (exact) mass is 299 g/mol. The van der Waals surface area contributed by atoms with Crippen molar-refractivity contribution in [1.29, 1.82) is 0 Å². The second-order valence-electron chi connectivity index (χ2n) is 5.57. The van der Waals surface area contributed by atoms with Gasteiger partial charge in [-0.15, -0.1) is 0 Å². The van der Waals surface area contributed by atoms with E-state index in [9.17, 15) is 5.11 Å². The van der Waals surface area contributed by atoms with Crippen LogP contribution in [-0.2, 0) is 19.5 Å². The van der Waals surface area contributed by atoms with Crippen molar-refractivity contribution < 1.29 is 5.11 Å². The Morgan fingerprint density at radius 3 is 2.75 bits per heavy atom. The lowest BCUT2D eigenvalue weighted by Gasteiger charge is -2.22. The number of nitrogens with zero attached hydrogens (tertiary/aromatic N) is 2. The van der Waals surface area contributed by atoms with Gasteiger partial charge >= 0.3 is 0 Å². The third kappa shape index (κ3) is 3.54. The Bertz CT molecular complexity index is 433. The van der Waals surface area contributed by atoms with Crippen molar-refractivity contribution in [1.82, 2.24) is 15.1 Å². The fourth-order valence-corrected chi connectivity index (χ4v) is 3.28. The molecule has 5 heteroatoms. The molecule has 1 heterocycles. The van der Waals surface area contributed by atoms with Crippen LogP contribution < -0.4 is 5.32 Å². The molecular weight excluding hydrogens is 274 g/mol. The number of aromatic nitrogens is 2. The minimum absolute atomic E-state index is 0.179. The van der Waals surface area contributed by atoms with Crippen LogP contribution in [0.2, 0.25) is 5.02 Å². The van der Waals surface area contributed by atoms with Crippen molar-refractivity contribution >= 4 is 11.6 Å². The van der Waals surface area contributed by atoms with Crippen molar-refractivity contribution in [3.05, 3.63) is 16.4 Å². The number of hydrogen-bond donors (Lipinski definition) is 2. The van der Waals surface area contributed by atoms with Gasteiger partial charge in [0, 0.05) is 19.1 Å². The SMILES string of the molecule is CCc1nn(CC)c(CNC2CCCCCC2O)c1Cl. The number of aliphatic hydroxyl groups is 1. The van der Waals surface area contributed by atoms with Crippen LogP contribution in [0.3, 0.4) is 0 Å². The first-order chi connectivity index (χ1) is 9.67. The van der Waals surface area contributed by atoms with Gasteiger partial charge in [-0.25, -0.2) is 0 Å². The zero-order valence-electron chi connectivity index (χ0n) is 12.5. The van der Waals surface area contributed by atoms with E-state index in [4.69, 9.17) is 11.6 Å². The van der Waals surface area contributed by atoms with E-state index in [0.717, 1.165) is 48.6 Å². The highest BCUT2D eigenvalue weighted by atomic mass is 35.5. The third-order valence-corrected chi connectivity index (χ3v) is 4.64.